The summed E-state index contributed by atoms with van der Waals surface area (Å²) in [5.41, 5.74) is 0.811. The summed E-state index contributed by atoms with van der Waals surface area (Å²) in [4.78, 5) is 14.8. The van der Waals surface area contributed by atoms with Crippen molar-refractivity contribution in [2.75, 3.05) is 0 Å². The Labute approximate surface area is 88.5 Å². The molecule has 0 spiro atoms. The van der Waals surface area contributed by atoms with Gasteiger partial charge in [-0.25, -0.2) is 0 Å². The summed E-state index contributed by atoms with van der Waals surface area (Å²) in [6.45, 7) is 0. The van der Waals surface area contributed by atoms with Crippen molar-refractivity contribution in [3.8, 4) is 0 Å². The van der Waals surface area contributed by atoms with Crippen LogP contribution >= 0.6 is 15.9 Å². The number of carbonyl (C=O) groups excluding carboxylic acids is 1. The fourth-order valence-corrected chi connectivity index (χ4v) is 1.66. The first-order valence-electron chi connectivity index (χ1n) is 3.94. The van der Waals surface area contributed by atoms with E-state index in [-0.39, 0.29) is 5.56 Å². The van der Waals surface area contributed by atoms with Gasteiger partial charge < -0.3 is 9.90 Å². The first kappa shape index (κ1) is 9.15. The Morgan fingerprint density at radius 3 is 2.86 bits per heavy atom. The van der Waals surface area contributed by atoms with Crippen LogP contribution in [0.4, 0.5) is 0 Å². The van der Waals surface area contributed by atoms with E-state index < -0.39 is 5.97 Å². The van der Waals surface area contributed by atoms with Crippen molar-refractivity contribution in [1.82, 2.24) is 4.98 Å². The van der Waals surface area contributed by atoms with E-state index in [4.69, 9.17) is 0 Å². The van der Waals surface area contributed by atoms with Crippen LogP contribution in [0.15, 0.2) is 34.9 Å². The Bertz CT molecular complexity index is 510. The van der Waals surface area contributed by atoms with E-state index in [0.717, 1.165) is 4.47 Å². The Balaban J connectivity index is 2.84. The number of rotatable bonds is 1. The smallest absolute Gasteiger partial charge is 0.0722 e. The third-order valence-electron chi connectivity index (χ3n) is 1.92. The van der Waals surface area contributed by atoms with Crippen molar-refractivity contribution in [2.24, 2.45) is 0 Å². The quantitative estimate of drug-likeness (QED) is 0.768. The van der Waals surface area contributed by atoms with Gasteiger partial charge in [-0.2, -0.15) is 0 Å². The van der Waals surface area contributed by atoms with Crippen molar-refractivity contribution in [1.29, 1.82) is 0 Å². The average Bonchev–Trinajstić information content (AvgIpc) is 2.16. The van der Waals surface area contributed by atoms with Gasteiger partial charge in [-0.3, -0.25) is 4.98 Å². The monoisotopic (exact) mass is 250 g/mol. The van der Waals surface area contributed by atoms with E-state index >= 15 is 0 Å². The second-order valence-electron chi connectivity index (χ2n) is 2.81. The molecule has 14 heavy (non-hydrogen) atoms. The van der Waals surface area contributed by atoms with Gasteiger partial charge in [0.05, 0.1) is 11.5 Å². The second kappa shape index (κ2) is 3.38. The Kier molecular flexibility index (Phi) is 2.21. The second-order valence-corrected chi connectivity index (χ2v) is 3.72. The van der Waals surface area contributed by atoms with Gasteiger partial charge >= 0.3 is 0 Å². The van der Waals surface area contributed by atoms with Gasteiger partial charge in [-0.1, -0.05) is 15.9 Å². The minimum Gasteiger partial charge on any atom is -0.545 e. The van der Waals surface area contributed by atoms with Crippen molar-refractivity contribution >= 4 is 32.8 Å². The summed E-state index contributed by atoms with van der Waals surface area (Å²) in [6, 6.07) is 6.72. The molecule has 3 nitrogen and oxygen atoms in total. The van der Waals surface area contributed by atoms with Crippen LogP contribution in [0, 0.1) is 0 Å². The lowest BCUT2D eigenvalue weighted by Crippen LogP contribution is -2.22. The van der Waals surface area contributed by atoms with Crippen molar-refractivity contribution in [2.45, 2.75) is 0 Å². The highest BCUT2D eigenvalue weighted by Crippen LogP contribution is 2.20. The lowest BCUT2D eigenvalue weighted by atomic mass is 10.1. The zero-order chi connectivity index (χ0) is 10.1. The third-order valence-corrected chi connectivity index (χ3v) is 2.42. The lowest BCUT2D eigenvalue weighted by Gasteiger charge is -2.06. The van der Waals surface area contributed by atoms with Gasteiger partial charge in [-0.15, -0.1) is 0 Å². The molecule has 2 rings (SSSR count). The predicted octanol–water partition coefficient (Wildman–Crippen LogP) is 1.36. The minimum atomic E-state index is -1.18. The summed E-state index contributed by atoms with van der Waals surface area (Å²) < 4.78 is 0.820. The molecule has 0 bridgehead atoms. The number of aromatic carboxylic acids is 1. The molecule has 0 amide bonds. The molecule has 1 heterocycles. The summed E-state index contributed by atoms with van der Waals surface area (Å²) >= 11 is 3.27. The summed E-state index contributed by atoms with van der Waals surface area (Å²) in [7, 11) is 0. The number of carboxylic acid groups (broad SMARTS) is 1. The molecule has 0 aliphatic rings. The maximum Gasteiger partial charge on any atom is 0.0722 e. The maximum atomic E-state index is 10.8. The molecule has 0 N–H and O–H groups in total. The number of benzene rings is 1. The van der Waals surface area contributed by atoms with Gasteiger partial charge in [0.1, 0.15) is 0 Å². The average molecular weight is 251 g/mol. The Morgan fingerprint density at radius 2 is 2.14 bits per heavy atom. The van der Waals surface area contributed by atoms with Gasteiger partial charge in [0.25, 0.3) is 0 Å². The number of fused-ring (bicyclic) bond motifs is 1. The summed E-state index contributed by atoms with van der Waals surface area (Å²) in [5, 5.41) is 11.4. The normalized spacial score (nSPS) is 10.4. The molecular formula is C10H5BrNO2-. The molecule has 0 radical (unpaired) electrons. The van der Waals surface area contributed by atoms with Gasteiger partial charge in [0, 0.05) is 21.6 Å². The molecule has 0 atom stereocenters. The molecule has 0 saturated carbocycles. The van der Waals surface area contributed by atoms with Gasteiger partial charge in [-0.05, 0) is 24.3 Å². The Morgan fingerprint density at radius 1 is 1.36 bits per heavy atom. The molecule has 0 aliphatic heterocycles. The summed E-state index contributed by atoms with van der Waals surface area (Å²) in [5.74, 6) is -1.18. The molecular weight excluding hydrogens is 246 g/mol. The van der Waals surface area contributed by atoms with Crippen molar-refractivity contribution < 1.29 is 9.90 Å². The number of halogens is 1. The number of hydrogen-bond acceptors (Lipinski definition) is 3. The molecule has 0 aliphatic carbocycles. The molecule has 0 fully saturated rings. The molecule has 1 aromatic carbocycles. The standard InChI is InChI=1S/C10H6BrNO2/c11-6-1-2-9-8(5-6)7(10(13)14)3-4-12-9/h1-5H,(H,13,14)/p-1. The minimum absolute atomic E-state index is 0.163. The predicted molar refractivity (Wildman–Crippen MR) is 53.8 cm³/mol. The van der Waals surface area contributed by atoms with Crippen LogP contribution < -0.4 is 5.11 Å². The highest BCUT2D eigenvalue weighted by Gasteiger charge is 2.02. The molecule has 1 aromatic heterocycles. The van der Waals surface area contributed by atoms with E-state index in [9.17, 15) is 9.90 Å². The van der Waals surface area contributed by atoms with E-state index in [0.29, 0.717) is 10.9 Å². The van der Waals surface area contributed by atoms with Gasteiger partial charge in [0.2, 0.25) is 0 Å². The van der Waals surface area contributed by atoms with Crippen molar-refractivity contribution in [3.63, 3.8) is 0 Å². The van der Waals surface area contributed by atoms with Crippen LogP contribution in [0.5, 0.6) is 0 Å². The number of hydrogen-bond donors (Lipinski definition) is 0. The fourth-order valence-electron chi connectivity index (χ4n) is 1.30. The van der Waals surface area contributed by atoms with Crippen LogP contribution in [-0.2, 0) is 0 Å². The third kappa shape index (κ3) is 1.48. The number of carboxylic acids is 1. The van der Waals surface area contributed by atoms with E-state index in [2.05, 4.69) is 20.9 Å². The van der Waals surface area contributed by atoms with Crippen LogP contribution in [-0.4, -0.2) is 11.0 Å². The van der Waals surface area contributed by atoms with E-state index in [1.165, 1.54) is 12.3 Å². The molecule has 0 saturated heterocycles. The SMILES string of the molecule is O=C([O-])c1ccnc2ccc(Br)cc12. The fraction of sp³-hybridized carbons (Fsp3) is 0. The first-order valence-corrected chi connectivity index (χ1v) is 4.73. The van der Waals surface area contributed by atoms with Gasteiger partial charge in [0.15, 0.2) is 0 Å². The zero-order valence-corrected chi connectivity index (χ0v) is 8.61. The number of nitrogens with zero attached hydrogens (tertiary/aromatic N) is 1. The molecule has 2 aromatic rings. The highest BCUT2D eigenvalue weighted by molar-refractivity contribution is 9.10. The first-order chi connectivity index (χ1) is 6.68. The van der Waals surface area contributed by atoms with Crippen LogP contribution in [0.2, 0.25) is 0 Å². The zero-order valence-electron chi connectivity index (χ0n) is 7.03. The van der Waals surface area contributed by atoms with Crippen LogP contribution in [0.1, 0.15) is 10.4 Å². The van der Waals surface area contributed by atoms with E-state index in [1.807, 2.05) is 6.07 Å². The molecule has 70 valence electrons. The van der Waals surface area contributed by atoms with E-state index in [1.54, 1.807) is 12.1 Å². The van der Waals surface area contributed by atoms with Crippen LogP contribution in [0.3, 0.4) is 0 Å². The highest BCUT2D eigenvalue weighted by atomic mass is 79.9. The summed E-state index contributed by atoms with van der Waals surface area (Å²) in [6.07, 6.45) is 1.46. The molecule has 0 unspecified atom stereocenters. The maximum absolute atomic E-state index is 10.8. The largest absolute Gasteiger partial charge is 0.545 e. The number of aromatic nitrogens is 1. The number of pyridine rings is 1. The molecule has 4 heteroatoms. The number of carbonyl (C=O) groups is 1. The van der Waals surface area contributed by atoms with Crippen LogP contribution in [0.25, 0.3) is 10.9 Å². The Hall–Kier alpha value is -1.42. The van der Waals surface area contributed by atoms with Crippen molar-refractivity contribution in [3.05, 3.63) is 40.5 Å². The lowest BCUT2D eigenvalue weighted by molar-refractivity contribution is -0.254. The topological polar surface area (TPSA) is 53.0 Å².